The minimum Gasteiger partial charge on any atom is -0.545 e. The van der Waals surface area contributed by atoms with E-state index in [2.05, 4.69) is 0 Å². The van der Waals surface area contributed by atoms with Gasteiger partial charge in [0, 0.05) is 0 Å². The molecule has 3 nitrogen and oxygen atoms in total. The third kappa shape index (κ3) is 3.31. The first kappa shape index (κ1) is 10.3. The van der Waals surface area contributed by atoms with E-state index in [1.54, 1.807) is 24.3 Å². The summed E-state index contributed by atoms with van der Waals surface area (Å²) in [5, 5.41) is 10.1. The zero-order valence-corrected chi connectivity index (χ0v) is 7.90. The molecule has 0 atom stereocenters. The molecule has 0 fully saturated rings. The van der Waals surface area contributed by atoms with Gasteiger partial charge < -0.3 is 14.6 Å². The number of hydrogen-bond donors (Lipinski definition) is 0. The Hall–Kier alpha value is -1.77. The quantitative estimate of drug-likeness (QED) is 0.663. The van der Waals surface area contributed by atoms with E-state index in [0.29, 0.717) is 6.61 Å². The van der Waals surface area contributed by atoms with Crippen molar-refractivity contribution >= 4 is 12.0 Å². The van der Waals surface area contributed by atoms with Gasteiger partial charge in [0.05, 0.1) is 12.6 Å². The fraction of sp³-hybridized carbons (Fsp3) is 0.182. The lowest BCUT2D eigenvalue weighted by Gasteiger charge is -2.02. The Morgan fingerprint density at radius 1 is 1.43 bits per heavy atom. The maximum atomic E-state index is 10.1. The lowest BCUT2D eigenvalue weighted by molar-refractivity contribution is -0.297. The Kier molecular flexibility index (Phi) is 3.73. The molecule has 14 heavy (non-hydrogen) atoms. The van der Waals surface area contributed by atoms with Crippen molar-refractivity contribution < 1.29 is 14.6 Å². The van der Waals surface area contributed by atoms with E-state index in [-0.39, 0.29) is 0 Å². The number of aliphatic carboxylic acids is 1. The van der Waals surface area contributed by atoms with Crippen LogP contribution in [-0.4, -0.2) is 12.6 Å². The van der Waals surface area contributed by atoms with Gasteiger partial charge in [-0.2, -0.15) is 0 Å². The van der Waals surface area contributed by atoms with Gasteiger partial charge in [-0.1, -0.05) is 18.2 Å². The molecule has 1 rings (SSSR count). The summed E-state index contributed by atoms with van der Waals surface area (Å²) in [6, 6.07) is 7.14. The predicted octanol–water partition coefficient (Wildman–Crippen LogP) is 0.848. The summed E-state index contributed by atoms with van der Waals surface area (Å²) in [5.74, 6) is -0.419. The first-order chi connectivity index (χ1) is 6.72. The lowest BCUT2D eigenvalue weighted by Crippen LogP contribution is -2.18. The zero-order chi connectivity index (χ0) is 10.4. The van der Waals surface area contributed by atoms with Gasteiger partial charge in [-0.15, -0.1) is 0 Å². The summed E-state index contributed by atoms with van der Waals surface area (Å²) < 4.78 is 5.23. The Morgan fingerprint density at radius 3 is 2.57 bits per heavy atom. The molecule has 0 bridgehead atoms. The van der Waals surface area contributed by atoms with Crippen molar-refractivity contribution in [1.29, 1.82) is 0 Å². The highest BCUT2D eigenvalue weighted by molar-refractivity contribution is 5.83. The third-order valence-electron chi connectivity index (χ3n) is 1.60. The molecule has 0 saturated heterocycles. The van der Waals surface area contributed by atoms with Crippen LogP contribution in [0.4, 0.5) is 0 Å². The number of benzene rings is 1. The standard InChI is InChI=1S/C11H12O3/c1-2-14-10-6-3-9(4-7-10)5-8-11(12)13/h3-8H,2H2,1H3,(H,12,13)/p-1/b8-5-. The molecule has 0 amide bonds. The van der Waals surface area contributed by atoms with E-state index >= 15 is 0 Å². The maximum Gasteiger partial charge on any atom is 0.119 e. The van der Waals surface area contributed by atoms with Crippen molar-refractivity contribution in [3.63, 3.8) is 0 Å². The van der Waals surface area contributed by atoms with E-state index in [1.165, 1.54) is 6.08 Å². The van der Waals surface area contributed by atoms with Crippen LogP contribution in [0.2, 0.25) is 0 Å². The average molecular weight is 191 g/mol. The molecular weight excluding hydrogens is 180 g/mol. The predicted molar refractivity (Wildman–Crippen MR) is 51.7 cm³/mol. The van der Waals surface area contributed by atoms with Gasteiger partial charge in [0.1, 0.15) is 5.75 Å². The van der Waals surface area contributed by atoms with Gasteiger partial charge in [-0.25, -0.2) is 0 Å². The summed E-state index contributed by atoms with van der Waals surface area (Å²) in [6.07, 6.45) is 2.47. The van der Waals surface area contributed by atoms with E-state index < -0.39 is 5.97 Å². The summed E-state index contributed by atoms with van der Waals surface area (Å²) in [6.45, 7) is 2.53. The Morgan fingerprint density at radius 2 is 2.07 bits per heavy atom. The minimum atomic E-state index is -1.20. The summed E-state index contributed by atoms with van der Waals surface area (Å²) in [7, 11) is 0. The molecule has 0 aliphatic heterocycles. The van der Waals surface area contributed by atoms with Gasteiger partial charge in [0.15, 0.2) is 0 Å². The van der Waals surface area contributed by atoms with Crippen LogP contribution >= 0.6 is 0 Å². The van der Waals surface area contributed by atoms with Crippen LogP contribution in [0.15, 0.2) is 30.3 Å². The molecule has 0 saturated carbocycles. The van der Waals surface area contributed by atoms with E-state index in [4.69, 9.17) is 4.74 Å². The number of ether oxygens (including phenoxy) is 1. The van der Waals surface area contributed by atoms with Gasteiger partial charge >= 0.3 is 0 Å². The molecule has 0 aliphatic rings. The fourth-order valence-corrected chi connectivity index (χ4v) is 1.01. The van der Waals surface area contributed by atoms with Crippen molar-refractivity contribution in [2.75, 3.05) is 6.61 Å². The number of carbonyl (C=O) groups excluding carboxylic acids is 1. The van der Waals surface area contributed by atoms with Gasteiger partial charge in [-0.3, -0.25) is 0 Å². The highest BCUT2D eigenvalue weighted by Crippen LogP contribution is 2.12. The van der Waals surface area contributed by atoms with Crippen LogP contribution in [0.1, 0.15) is 12.5 Å². The lowest BCUT2D eigenvalue weighted by atomic mass is 10.2. The van der Waals surface area contributed by atoms with Gasteiger partial charge in [0.25, 0.3) is 0 Å². The Bertz CT molecular complexity index is 325. The van der Waals surface area contributed by atoms with E-state index in [9.17, 15) is 9.90 Å². The van der Waals surface area contributed by atoms with Crippen LogP contribution in [0.5, 0.6) is 5.75 Å². The number of carboxylic acid groups (broad SMARTS) is 1. The summed E-state index contributed by atoms with van der Waals surface area (Å²) in [5.41, 5.74) is 0.803. The second kappa shape index (κ2) is 5.07. The molecule has 3 heteroatoms. The fourth-order valence-electron chi connectivity index (χ4n) is 1.01. The second-order valence-electron chi connectivity index (χ2n) is 2.65. The molecule has 0 spiro atoms. The molecule has 0 aromatic heterocycles. The van der Waals surface area contributed by atoms with E-state index in [0.717, 1.165) is 17.4 Å². The van der Waals surface area contributed by atoms with Crippen molar-refractivity contribution in [2.45, 2.75) is 6.92 Å². The second-order valence-corrected chi connectivity index (χ2v) is 2.65. The van der Waals surface area contributed by atoms with Crippen molar-refractivity contribution in [3.05, 3.63) is 35.9 Å². The summed E-state index contributed by atoms with van der Waals surface area (Å²) >= 11 is 0. The van der Waals surface area contributed by atoms with E-state index in [1.807, 2.05) is 6.92 Å². The van der Waals surface area contributed by atoms with Crippen LogP contribution in [0.3, 0.4) is 0 Å². The molecule has 0 N–H and O–H groups in total. The molecule has 1 aromatic rings. The van der Waals surface area contributed by atoms with Crippen LogP contribution < -0.4 is 9.84 Å². The Balaban J connectivity index is 2.68. The molecule has 0 radical (unpaired) electrons. The zero-order valence-electron chi connectivity index (χ0n) is 7.90. The largest absolute Gasteiger partial charge is 0.545 e. The monoisotopic (exact) mass is 191 g/mol. The topological polar surface area (TPSA) is 49.4 Å². The van der Waals surface area contributed by atoms with Crippen molar-refractivity contribution in [2.24, 2.45) is 0 Å². The maximum absolute atomic E-state index is 10.1. The van der Waals surface area contributed by atoms with Crippen molar-refractivity contribution in [3.8, 4) is 5.75 Å². The highest BCUT2D eigenvalue weighted by atomic mass is 16.5. The molecule has 0 aliphatic carbocycles. The number of carbonyl (C=O) groups is 1. The number of rotatable bonds is 4. The van der Waals surface area contributed by atoms with Crippen molar-refractivity contribution in [1.82, 2.24) is 0 Å². The van der Waals surface area contributed by atoms with Gasteiger partial charge in [0.2, 0.25) is 0 Å². The SMILES string of the molecule is CCOc1ccc(/C=C\C(=O)[O-])cc1. The first-order valence-electron chi connectivity index (χ1n) is 4.34. The smallest absolute Gasteiger partial charge is 0.119 e. The molecule has 1 aromatic carbocycles. The number of hydrogen-bond acceptors (Lipinski definition) is 3. The Labute approximate surface area is 82.6 Å². The number of carboxylic acids is 1. The van der Waals surface area contributed by atoms with Crippen LogP contribution in [0.25, 0.3) is 6.08 Å². The van der Waals surface area contributed by atoms with Crippen LogP contribution in [0, 0.1) is 0 Å². The molecule has 0 unspecified atom stereocenters. The molecule has 74 valence electrons. The normalized spacial score (nSPS) is 10.4. The molecular formula is C11H11O3-. The highest BCUT2D eigenvalue weighted by Gasteiger charge is 1.90. The first-order valence-corrected chi connectivity index (χ1v) is 4.34. The van der Waals surface area contributed by atoms with Gasteiger partial charge in [-0.05, 0) is 30.7 Å². The molecule has 0 heterocycles. The van der Waals surface area contributed by atoms with Crippen LogP contribution in [-0.2, 0) is 4.79 Å². The third-order valence-corrected chi connectivity index (χ3v) is 1.60. The average Bonchev–Trinajstić information content (AvgIpc) is 2.17. The summed E-state index contributed by atoms with van der Waals surface area (Å²) in [4.78, 5) is 10.1. The minimum absolute atomic E-state index is 0.619.